The van der Waals surface area contributed by atoms with Gasteiger partial charge in [-0.05, 0) is 42.5 Å². The van der Waals surface area contributed by atoms with E-state index in [0.29, 0.717) is 11.4 Å². The van der Waals surface area contributed by atoms with E-state index in [1.807, 2.05) is 42.1 Å². The van der Waals surface area contributed by atoms with Crippen LogP contribution in [0.25, 0.3) is 10.9 Å². The van der Waals surface area contributed by atoms with Crippen molar-refractivity contribution < 1.29 is 9.53 Å². The largest absolute Gasteiger partial charge is 0.473 e. The summed E-state index contributed by atoms with van der Waals surface area (Å²) in [7, 11) is 0. The number of anilines is 1. The molecule has 1 fully saturated rings. The SMILES string of the molecule is O=C(Nc1cccc2ncccc12)c1ccc(O[C@@H]2CCSC2)nc1. The van der Waals surface area contributed by atoms with Crippen LogP contribution in [-0.2, 0) is 0 Å². The Balaban J connectivity index is 1.48. The predicted octanol–water partition coefficient (Wildman–Crippen LogP) is 3.77. The van der Waals surface area contributed by atoms with Gasteiger partial charge in [0.15, 0.2) is 0 Å². The molecule has 126 valence electrons. The lowest BCUT2D eigenvalue weighted by atomic mass is 10.1. The number of carbonyl (C=O) groups is 1. The number of benzene rings is 1. The van der Waals surface area contributed by atoms with Gasteiger partial charge in [0.2, 0.25) is 5.88 Å². The van der Waals surface area contributed by atoms with Gasteiger partial charge in [-0.15, -0.1) is 0 Å². The van der Waals surface area contributed by atoms with Crippen LogP contribution in [0.4, 0.5) is 5.69 Å². The van der Waals surface area contributed by atoms with E-state index in [1.165, 1.54) is 0 Å². The van der Waals surface area contributed by atoms with Crippen LogP contribution in [0.3, 0.4) is 0 Å². The average Bonchev–Trinajstić information content (AvgIpc) is 3.16. The van der Waals surface area contributed by atoms with Crippen LogP contribution < -0.4 is 10.1 Å². The molecule has 3 heterocycles. The summed E-state index contributed by atoms with van der Waals surface area (Å²) >= 11 is 1.89. The molecule has 4 rings (SSSR count). The Morgan fingerprint density at radius 2 is 2.12 bits per heavy atom. The molecule has 25 heavy (non-hydrogen) atoms. The monoisotopic (exact) mass is 351 g/mol. The number of thioether (sulfide) groups is 1. The fourth-order valence-corrected chi connectivity index (χ4v) is 3.86. The molecule has 1 aliphatic rings. The van der Waals surface area contributed by atoms with Crippen molar-refractivity contribution in [2.75, 3.05) is 16.8 Å². The molecule has 1 aliphatic heterocycles. The van der Waals surface area contributed by atoms with Gasteiger partial charge in [0.25, 0.3) is 5.91 Å². The highest BCUT2D eigenvalue weighted by molar-refractivity contribution is 7.99. The third-order valence-corrected chi connectivity index (χ3v) is 5.20. The van der Waals surface area contributed by atoms with Crippen molar-refractivity contribution in [3.63, 3.8) is 0 Å². The van der Waals surface area contributed by atoms with E-state index in [2.05, 4.69) is 15.3 Å². The van der Waals surface area contributed by atoms with Crippen molar-refractivity contribution in [3.05, 3.63) is 60.4 Å². The highest BCUT2D eigenvalue weighted by atomic mass is 32.2. The third kappa shape index (κ3) is 3.58. The fourth-order valence-electron chi connectivity index (χ4n) is 2.77. The van der Waals surface area contributed by atoms with Gasteiger partial charge in [-0.2, -0.15) is 11.8 Å². The molecule has 0 spiro atoms. The molecular formula is C19H17N3O2S. The quantitative estimate of drug-likeness (QED) is 0.775. The van der Waals surface area contributed by atoms with Crippen molar-refractivity contribution in [1.82, 2.24) is 9.97 Å². The van der Waals surface area contributed by atoms with Gasteiger partial charge >= 0.3 is 0 Å². The summed E-state index contributed by atoms with van der Waals surface area (Å²) in [5.41, 5.74) is 2.07. The topological polar surface area (TPSA) is 64.1 Å². The summed E-state index contributed by atoms with van der Waals surface area (Å²) in [6.07, 6.45) is 4.56. The van der Waals surface area contributed by atoms with E-state index in [-0.39, 0.29) is 12.0 Å². The van der Waals surface area contributed by atoms with Crippen LogP contribution in [-0.4, -0.2) is 33.5 Å². The number of ether oxygens (including phenoxy) is 1. The highest BCUT2D eigenvalue weighted by Gasteiger charge is 2.17. The molecule has 1 amide bonds. The summed E-state index contributed by atoms with van der Waals surface area (Å²) in [4.78, 5) is 21.1. The lowest BCUT2D eigenvalue weighted by molar-refractivity contribution is 0.102. The second-order valence-electron chi connectivity index (χ2n) is 5.82. The maximum Gasteiger partial charge on any atom is 0.257 e. The van der Waals surface area contributed by atoms with E-state index < -0.39 is 0 Å². The summed E-state index contributed by atoms with van der Waals surface area (Å²) < 4.78 is 5.81. The normalized spacial score (nSPS) is 16.7. The number of aromatic nitrogens is 2. The van der Waals surface area contributed by atoms with E-state index in [4.69, 9.17) is 4.74 Å². The molecule has 0 aliphatic carbocycles. The number of nitrogens with zero attached hydrogens (tertiary/aromatic N) is 2. The molecule has 5 nitrogen and oxygen atoms in total. The lowest BCUT2D eigenvalue weighted by Crippen LogP contribution is -2.16. The third-order valence-electron chi connectivity index (χ3n) is 4.07. The zero-order valence-corrected chi connectivity index (χ0v) is 14.3. The number of carbonyl (C=O) groups excluding carboxylic acids is 1. The molecule has 1 saturated heterocycles. The minimum absolute atomic E-state index is 0.202. The number of rotatable bonds is 4. The van der Waals surface area contributed by atoms with Crippen molar-refractivity contribution in [2.45, 2.75) is 12.5 Å². The van der Waals surface area contributed by atoms with E-state index in [0.717, 1.165) is 34.5 Å². The second kappa shape index (κ2) is 7.11. The van der Waals surface area contributed by atoms with Gasteiger partial charge in [-0.25, -0.2) is 4.98 Å². The number of pyridine rings is 2. The maximum atomic E-state index is 12.5. The van der Waals surface area contributed by atoms with Gasteiger partial charge in [0, 0.05) is 29.6 Å². The molecule has 0 bridgehead atoms. The molecular weight excluding hydrogens is 334 g/mol. The second-order valence-corrected chi connectivity index (χ2v) is 6.97. The summed E-state index contributed by atoms with van der Waals surface area (Å²) in [5, 5.41) is 3.84. The van der Waals surface area contributed by atoms with E-state index >= 15 is 0 Å². The first-order valence-electron chi connectivity index (χ1n) is 8.15. The van der Waals surface area contributed by atoms with Crippen LogP contribution in [0, 0.1) is 0 Å². The van der Waals surface area contributed by atoms with Crippen LogP contribution in [0.1, 0.15) is 16.8 Å². The minimum atomic E-state index is -0.202. The van der Waals surface area contributed by atoms with Crippen LogP contribution in [0.2, 0.25) is 0 Å². The fraction of sp³-hybridized carbons (Fsp3) is 0.211. The molecule has 0 unspecified atom stereocenters. The summed E-state index contributed by atoms with van der Waals surface area (Å²) in [6.45, 7) is 0. The zero-order chi connectivity index (χ0) is 17.1. The van der Waals surface area contributed by atoms with Crippen molar-refractivity contribution in [3.8, 4) is 5.88 Å². The van der Waals surface area contributed by atoms with Gasteiger partial charge in [-0.1, -0.05) is 6.07 Å². The molecule has 3 aromatic rings. The first-order valence-corrected chi connectivity index (χ1v) is 9.30. The van der Waals surface area contributed by atoms with Gasteiger partial charge in [-0.3, -0.25) is 9.78 Å². The molecule has 1 aromatic carbocycles. The highest BCUT2D eigenvalue weighted by Crippen LogP contribution is 2.23. The van der Waals surface area contributed by atoms with Crippen molar-refractivity contribution in [1.29, 1.82) is 0 Å². The number of amides is 1. The Kier molecular flexibility index (Phi) is 4.52. The van der Waals surface area contributed by atoms with Crippen LogP contribution in [0.15, 0.2) is 54.9 Å². The van der Waals surface area contributed by atoms with Gasteiger partial charge in [0.1, 0.15) is 6.10 Å². The number of nitrogens with one attached hydrogen (secondary N) is 1. The van der Waals surface area contributed by atoms with E-state index in [9.17, 15) is 4.79 Å². The van der Waals surface area contributed by atoms with Crippen molar-refractivity contribution in [2.24, 2.45) is 0 Å². The predicted molar refractivity (Wildman–Crippen MR) is 100 cm³/mol. The van der Waals surface area contributed by atoms with Crippen LogP contribution >= 0.6 is 11.8 Å². The lowest BCUT2D eigenvalue weighted by Gasteiger charge is -2.12. The number of hydrogen-bond donors (Lipinski definition) is 1. The first-order chi connectivity index (χ1) is 12.3. The smallest absolute Gasteiger partial charge is 0.257 e. The number of hydrogen-bond acceptors (Lipinski definition) is 5. The average molecular weight is 351 g/mol. The Hall–Kier alpha value is -2.60. The van der Waals surface area contributed by atoms with Crippen molar-refractivity contribution >= 4 is 34.3 Å². The van der Waals surface area contributed by atoms with Gasteiger partial charge in [0.05, 0.1) is 16.8 Å². The standard InChI is InChI=1S/C19H17N3O2S/c23-19(22-17-5-1-4-16-15(17)3-2-9-20-16)13-6-7-18(21-11-13)24-14-8-10-25-12-14/h1-7,9,11,14H,8,10,12H2,(H,22,23)/t14-/m1/s1. The molecule has 6 heteroatoms. The van der Waals surface area contributed by atoms with Gasteiger partial charge < -0.3 is 10.1 Å². The Labute approximate surface area is 149 Å². The molecule has 1 atom stereocenters. The maximum absolute atomic E-state index is 12.5. The minimum Gasteiger partial charge on any atom is -0.473 e. The zero-order valence-electron chi connectivity index (χ0n) is 13.5. The first kappa shape index (κ1) is 15.9. The molecule has 2 aromatic heterocycles. The molecule has 1 N–H and O–H groups in total. The number of fused-ring (bicyclic) bond motifs is 1. The summed E-state index contributed by atoms with van der Waals surface area (Å²) in [5.74, 6) is 2.50. The molecule has 0 saturated carbocycles. The Bertz CT molecular complexity index is 887. The summed E-state index contributed by atoms with van der Waals surface area (Å²) in [6, 6.07) is 12.9. The Morgan fingerprint density at radius 3 is 2.92 bits per heavy atom. The van der Waals surface area contributed by atoms with E-state index in [1.54, 1.807) is 24.5 Å². The van der Waals surface area contributed by atoms with Crippen LogP contribution in [0.5, 0.6) is 5.88 Å². The Morgan fingerprint density at radius 1 is 1.16 bits per heavy atom. The molecule has 0 radical (unpaired) electrons.